The van der Waals surface area contributed by atoms with Gasteiger partial charge in [-0.25, -0.2) is 0 Å². The third kappa shape index (κ3) is 2.25. The second-order valence-electron chi connectivity index (χ2n) is 2.44. The predicted molar refractivity (Wildman–Crippen MR) is 44.6 cm³/mol. The lowest BCUT2D eigenvalue weighted by atomic mass is 10.4. The van der Waals surface area contributed by atoms with E-state index in [1.807, 2.05) is 0 Å². The summed E-state index contributed by atoms with van der Waals surface area (Å²) in [5, 5.41) is -2.43. The Labute approximate surface area is 68.1 Å². The van der Waals surface area contributed by atoms with Crippen LogP contribution in [0.3, 0.4) is 0 Å². The van der Waals surface area contributed by atoms with Crippen LogP contribution in [0.15, 0.2) is 0 Å². The number of hydrogen-bond donors (Lipinski definition) is 0. The van der Waals surface area contributed by atoms with Gasteiger partial charge < -0.3 is 0 Å². The summed E-state index contributed by atoms with van der Waals surface area (Å²) in [6.45, 7) is 0. The topological polar surface area (TPSA) is 17.1 Å². The number of hydrogen-bond acceptors (Lipinski definition) is 1. The van der Waals surface area contributed by atoms with Gasteiger partial charge in [-0.15, -0.1) is 0 Å². The van der Waals surface area contributed by atoms with E-state index in [-0.39, 0.29) is 5.66 Å². The Hall–Kier alpha value is 1.00. The highest BCUT2D eigenvalue weighted by molar-refractivity contribution is 9.42. The van der Waals surface area contributed by atoms with Crippen molar-refractivity contribution in [3.63, 3.8) is 0 Å². The van der Waals surface area contributed by atoms with Crippen LogP contribution in [0.1, 0.15) is 25.7 Å². The van der Waals surface area contributed by atoms with Gasteiger partial charge in [0.15, 0.2) is 0 Å². The molecule has 1 fully saturated rings. The maximum Gasteiger partial charge on any atom is 0.233 e. The first-order valence-corrected chi connectivity index (χ1v) is 7.80. The largest absolute Gasteiger partial charge is 0.294 e. The van der Waals surface area contributed by atoms with Crippen molar-refractivity contribution >= 4 is 31.9 Å². The van der Waals surface area contributed by atoms with Gasteiger partial charge in [-0.2, -0.15) is 0 Å². The molecule has 0 heterocycles. The van der Waals surface area contributed by atoms with Crippen molar-refractivity contribution in [1.82, 2.24) is 0 Å². The van der Waals surface area contributed by atoms with Crippen LogP contribution in [0.5, 0.6) is 0 Å². The van der Waals surface area contributed by atoms with Crippen LogP contribution in [-0.4, -0.2) is 5.66 Å². The van der Waals surface area contributed by atoms with Gasteiger partial charge in [0.25, 0.3) is 0 Å². The van der Waals surface area contributed by atoms with Gasteiger partial charge in [-0.3, -0.25) is 4.57 Å². The molecule has 1 aliphatic rings. The first kappa shape index (κ1) is 8.10. The first-order chi connectivity index (χ1) is 4.11. The molecule has 0 N–H and O–H groups in total. The highest BCUT2D eigenvalue weighted by atomic mass is 79.9. The van der Waals surface area contributed by atoms with E-state index in [1.165, 1.54) is 12.8 Å². The molecule has 0 aromatic heterocycles. The third-order valence-corrected chi connectivity index (χ3v) is 5.68. The average molecular weight is 231 g/mol. The van der Waals surface area contributed by atoms with Crippen LogP contribution in [0.4, 0.5) is 0 Å². The van der Waals surface area contributed by atoms with Crippen LogP contribution in [-0.2, 0) is 4.57 Å². The molecule has 0 saturated heterocycles. The lowest BCUT2D eigenvalue weighted by molar-refractivity contribution is 0.584. The molecule has 9 heavy (non-hydrogen) atoms. The maximum atomic E-state index is 11.1. The van der Waals surface area contributed by atoms with Crippen molar-refractivity contribution in [2.24, 2.45) is 0 Å². The minimum atomic E-state index is -2.43. The van der Waals surface area contributed by atoms with Gasteiger partial charge in [-0.05, 0) is 39.6 Å². The molecule has 1 saturated carbocycles. The molecule has 0 aromatic rings. The van der Waals surface area contributed by atoms with E-state index in [0.717, 1.165) is 12.8 Å². The molecule has 4 heteroatoms. The summed E-state index contributed by atoms with van der Waals surface area (Å²) in [5.74, 6) is 0. The summed E-state index contributed by atoms with van der Waals surface area (Å²) in [4.78, 5) is 0. The minimum absolute atomic E-state index is 0.249. The second kappa shape index (κ2) is 2.94. The highest BCUT2D eigenvalue weighted by Crippen LogP contribution is 2.66. The average Bonchev–Trinajstić information content (AvgIpc) is 2.08. The maximum absolute atomic E-state index is 11.1. The Kier molecular flexibility index (Phi) is 2.64. The molecule has 0 radical (unpaired) electrons. The smallest absolute Gasteiger partial charge is 0.233 e. The van der Waals surface area contributed by atoms with Crippen molar-refractivity contribution in [2.75, 3.05) is 0 Å². The Morgan fingerprint density at radius 3 is 2.11 bits per heavy atom. The normalized spacial score (nSPS) is 28.2. The van der Waals surface area contributed by atoms with Crippen LogP contribution in [0.2, 0.25) is 0 Å². The van der Waals surface area contributed by atoms with Crippen molar-refractivity contribution < 1.29 is 4.57 Å². The van der Waals surface area contributed by atoms with Crippen LogP contribution in [0.25, 0.3) is 0 Å². The standard InChI is InChI=1S/C5H9BrClOP/c6-9(7,8)5-3-1-2-4-5/h5H,1-4H2. The van der Waals surface area contributed by atoms with E-state index in [9.17, 15) is 4.57 Å². The van der Waals surface area contributed by atoms with E-state index < -0.39 is 5.20 Å². The molecular weight excluding hydrogens is 222 g/mol. The van der Waals surface area contributed by atoms with E-state index in [4.69, 9.17) is 11.2 Å². The van der Waals surface area contributed by atoms with Gasteiger partial charge in [0.05, 0.1) is 0 Å². The molecule has 1 aliphatic carbocycles. The lowest BCUT2D eigenvalue weighted by Gasteiger charge is -2.08. The van der Waals surface area contributed by atoms with Gasteiger partial charge in [0.1, 0.15) is 0 Å². The van der Waals surface area contributed by atoms with Gasteiger partial charge in [-0.1, -0.05) is 12.8 Å². The third-order valence-electron chi connectivity index (χ3n) is 1.75. The zero-order valence-corrected chi connectivity index (χ0v) is 8.25. The summed E-state index contributed by atoms with van der Waals surface area (Å²) in [6.07, 6.45) is 4.44. The summed E-state index contributed by atoms with van der Waals surface area (Å²) in [6, 6.07) is 0. The molecule has 1 rings (SSSR count). The SMILES string of the molecule is O=P(Cl)(Br)C1CCCC1. The minimum Gasteiger partial charge on any atom is -0.294 e. The van der Waals surface area contributed by atoms with E-state index in [0.29, 0.717) is 0 Å². The van der Waals surface area contributed by atoms with Gasteiger partial charge in [0.2, 0.25) is 5.20 Å². The van der Waals surface area contributed by atoms with Crippen molar-refractivity contribution in [3.05, 3.63) is 0 Å². The van der Waals surface area contributed by atoms with E-state index >= 15 is 0 Å². The van der Waals surface area contributed by atoms with Gasteiger partial charge in [0, 0.05) is 5.66 Å². The van der Waals surface area contributed by atoms with Gasteiger partial charge >= 0.3 is 0 Å². The lowest BCUT2D eigenvalue weighted by Crippen LogP contribution is -1.92. The number of rotatable bonds is 1. The second-order valence-corrected chi connectivity index (χ2v) is 10.1. The van der Waals surface area contributed by atoms with Crippen LogP contribution >= 0.6 is 31.9 Å². The summed E-state index contributed by atoms with van der Waals surface area (Å²) in [7, 11) is 0. The Morgan fingerprint density at radius 2 is 1.89 bits per heavy atom. The van der Waals surface area contributed by atoms with Crippen LogP contribution in [0, 0.1) is 0 Å². The Morgan fingerprint density at radius 1 is 1.44 bits per heavy atom. The molecule has 54 valence electrons. The molecule has 1 nitrogen and oxygen atoms in total. The Bertz CT molecular complexity index is 138. The van der Waals surface area contributed by atoms with E-state index in [2.05, 4.69) is 15.5 Å². The van der Waals surface area contributed by atoms with E-state index in [1.54, 1.807) is 0 Å². The summed E-state index contributed by atoms with van der Waals surface area (Å²) in [5.41, 5.74) is 0.249. The molecule has 0 aliphatic heterocycles. The molecule has 1 atom stereocenters. The molecule has 0 spiro atoms. The van der Waals surface area contributed by atoms with Crippen molar-refractivity contribution in [3.8, 4) is 0 Å². The first-order valence-electron chi connectivity index (χ1n) is 3.10. The quantitative estimate of drug-likeness (QED) is 0.628. The highest BCUT2D eigenvalue weighted by Gasteiger charge is 2.30. The predicted octanol–water partition coefficient (Wildman–Crippen LogP) is 3.76. The molecular formula is C5H9BrClOP. The fourth-order valence-corrected chi connectivity index (χ4v) is 3.99. The molecule has 0 aromatic carbocycles. The summed E-state index contributed by atoms with van der Waals surface area (Å²) < 4.78 is 11.1. The Balaban J connectivity index is 2.52. The monoisotopic (exact) mass is 230 g/mol. The zero-order chi connectivity index (χ0) is 6.91. The molecule has 0 amide bonds. The summed E-state index contributed by atoms with van der Waals surface area (Å²) >= 11 is 8.64. The van der Waals surface area contributed by atoms with Crippen molar-refractivity contribution in [2.45, 2.75) is 31.3 Å². The van der Waals surface area contributed by atoms with Crippen LogP contribution < -0.4 is 0 Å². The zero-order valence-electron chi connectivity index (χ0n) is 5.02. The number of halogens is 2. The van der Waals surface area contributed by atoms with Crippen molar-refractivity contribution in [1.29, 1.82) is 0 Å². The molecule has 0 bridgehead atoms. The fraction of sp³-hybridized carbons (Fsp3) is 1.00. The molecule has 1 unspecified atom stereocenters. The fourth-order valence-electron chi connectivity index (χ4n) is 1.20.